The Labute approximate surface area is 191 Å². The molecule has 1 fully saturated rings. The summed E-state index contributed by atoms with van der Waals surface area (Å²) in [5.74, 6) is -2.09. The third-order valence-electron chi connectivity index (χ3n) is 6.02. The first-order valence-electron chi connectivity index (χ1n) is 10.3. The number of amides is 1. The molecule has 0 aliphatic heterocycles. The monoisotopic (exact) mass is 483 g/mol. The van der Waals surface area contributed by atoms with Crippen molar-refractivity contribution in [3.8, 4) is 5.75 Å². The van der Waals surface area contributed by atoms with E-state index in [1.165, 1.54) is 4.68 Å². The molecule has 12 heteroatoms. The summed E-state index contributed by atoms with van der Waals surface area (Å²) in [7, 11) is 0. The van der Waals surface area contributed by atoms with Gasteiger partial charge in [0.05, 0.1) is 23.3 Å². The Morgan fingerprint density at radius 1 is 1.33 bits per heavy atom. The number of carbonyl (C=O) groups is 1. The standard InChI is InChI=1S/C21H21ClF3N5O3/c1-12(21(23,24)25)27-19(33)16-17(32)15(31)10-29(28-16)11-20(6-2-3-7-20)30-9-14(22)13-5-4-8-26-18(13)30/h4-5,8-10,12,31H,2-3,6-7,11H2,1H3,(H,27,33)/t12-/m1/s1. The fourth-order valence-corrected chi connectivity index (χ4v) is 4.54. The molecule has 1 saturated carbocycles. The van der Waals surface area contributed by atoms with Crippen LogP contribution in [0.2, 0.25) is 5.02 Å². The van der Waals surface area contributed by atoms with Gasteiger partial charge >= 0.3 is 6.18 Å². The molecule has 2 N–H and O–H groups in total. The maximum atomic E-state index is 12.8. The summed E-state index contributed by atoms with van der Waals surface area (Å²) in [6.45, 7) is 0.896. The van der Waals surface area contributed by atoms with Crippen molar-refractivity contribution < 1.29 is 23.1 Å². The van der Waals surface area contributed by atoms with Crippen molar-refractivity contribution in [2.75, 3.05) is 0 Å². The van der Waals surface area contributed by atoms with Crippen LogP contribution in [0.25, 0.3) is 11.0 Å². The van der Waals surface area contributed by atoms with Crippen molar-refractivity contribution in [3.63, 3.8) is 0 Å². The zero-order chi connectivity index (χ0) is 24.0. The predicted molar refractivity (Wildman–Crippen MR) is 114 cm³/mol. The lowest BCUT2D eigenvalue weighted by molar-refractivity contribution is -0.149. The minimum atomic E-state index is -4.69. The third kappa shape index (κ3) is 4.29. The Morgan fingerprint density at radius 2 is 2.03 bits per heavy atom. The van der Waals surface area contributed by atoms with E-state index in [0.29, 0.717) is 23.5 Å². The average molecular weight is 484 g/mol. The fourth-order valence-electron chi connectivity index (χ4n) is 4.29. The van der Waals surface area contributed by atoms with E-state index in [4.69, 9.17) is 11.6 Å². The van der Waals surface area contributed by atoms with Crippen LogP contribution in [0.1, 0.15) is 43.1 Å². The molecule has 1 amide bonds. The van der Waals surface area contributed by atoms with E-state index in [0.717, 1.165) is 31.3 Å². The van der Waals surface area contributed by atoms with E-state index >= 15 is 0 Å². The molecule has 3 aromatic heterocycles. The van der Waals surface area contributed by atoms with E-state index < -0.39 is 40.5 Å². The lowest BCUT2D eigenvalue weighted by Gasteiger charge is -2.32. The molecule has 0 unspecified atom stereocenters. The smallest absolute Gasteiger partial charge is 0.408 e. The first-order valence-corrected chi connectivity index (χ1v) is 10.7. The van der Waals surface area contributed by atoms with Gasteiger partial charge in [-0.25, -0.2) is 4.98 Å². The van der Waals surface area contributed by atoms with Crippen LogP contribution in [0.5, 0.6) is 5.75 Å². The van der Waals surface area contributed by atoms with E-state index in [-0.39, 0.29) is 6.54 Å². The van der Waals surface area contributed by atoms with Crippen LogP contribution in [0.15, 0.2) is 35.5 Å². The molecule has 3 heterocycles. The van der Waals surface area contributed by atoms with Crippen molar-refractivity contribution in [1.82, 2.24) is 24.6 Å². The molecular weight excluding hydrogens is 463 g/mol. The highest BCUT2D eigenvalue weighted by molar-refractivity contribution is 6.35. The van der Waals surface area contributed by atoms with Gasteiger partial charge in [0.15, 0.2) is 11.4 Å². The summed E-state index contributed by atoms with van der Waals surface area (Å²) in [6, 6.07) is 1.42. The topological polar surface area (TPSA) is 102 Å². The van der Waals surface area contributed by atoms with Crippen LogP contribution < -0.4 is 10.7 Å². The molecular formula is C21H21ClF3N5O3. The molecule has 8 nitrogen and oxygen atoms in total. The van der Waals surface area contributed by atoms with Crippen molar-refractivity contribution in [1.29, 1.82) is 0 Å². The molecule has 176 valence electrons. The van der Waals surface area contributed by atoms with Gasteiger partial charge in [0.1, 0.15) is 11.7 Å². The van der Waals surface area contributed by atoms with Crippen LogP contribution in [0.4, 0.5) is 13.2 Å². The Bertz CT molecular complexity index is 1260. The highest BCUT2D eigenvalue weighted by Crippen LogP contribution is 2.41. The van der Waals surface area contributed by atoms with Gasteiger partial charge in [-0.3, -0.25) is 14.3 Å². The number of halogens is 4. The van der Waals surface area contributed by atoms with Crippen molar-refractivity contribution >= 4 is 28.5 Å². The highest BCUT2D eigenvalue weighted by Gasteiger charge is 2.39. The molecule has 33 heavy (non-hydrogen) atoms. The number of fused-ring (bicyclic) bond motifs is 1. The Hall–Kier alpha value is -3.08. The second kappa shape index (κ2) is 8.36. The summed E-state index contributed by atoms with van der Waals surface area (Å²) in [5, 5.41) is 17.1. The molecule has 1 aliphatic rings. The lowest BCUT2D eigenvalue weighted by Crippen LogP contribution is -2.45. The van der Waals surface area contributed by atoms with Gasteiger partial charge in [-0.2, -0.15) is 18.3 Å². The van der Waals surface area contributed by atoms with Crippen molar-refractivity contribution in [2.45, 2.75) is 56.9 Å². The number of pyridine rings is 1. The van der Waals surface area contributed by atoms with Gasteiger partial charge < -0.3 is 15.0 Å². The zero-order valence-electron chi connectivity index (χ0n) is 17.6. The quantitative estimate of drug-likeness (QED) is 0.577. The average Bonchev–Trinajstić information content (AvgIpc) is 3.35. The Kier molecular flexibility index (Phi) is 5.85. The normalized spacial score (nSPS) is 16.8. The first kappa shape index (κ1) is 23.1. The summed E-state index contributed by atoms with van der Waals surface area (Å²) in [5.41, 5.74) is -1.87. The molecule has 0 spiro atoms. The maximum absolute atomic E-state index is 12.8. The van der Waals surface area contributed by atoms with Gasteiger partial charge in [0, 0.05) is 17.8 Å². The second-order valence-corrected chi connectivity index (χ2v) is 8.69. The minimum Gasteiger partial charge on any atom is -0.503 e. The van der Waals surface area contributed by atoms with Crippen molar-refractivity contribution in [2.24, 2.45) is 0 Å². The number of hydrogen-bond donors (Lipinski definition) is 2. The van der Waals surface area contributed by atoms with E-state index in [2.05, 4.69) is 10.1 Å². The molecule has 1 aliphatic carbocycles. The first-order chi connectivity index (χ1) is 15.5. The Morgan fingerprint density at radius 3 is 2.70 bits per heavy atom. The summed E-state index contributed by atoms with van der Waals surface area (Å²) < 4.78 is 41.7. The van der Waals surface area contributed by atoms with Crippen LogP contribution in [-0.2, 0) is 12.1 Å². The molecule has 1 atom stereocenters. The molecule has 0 radical (unpaired) electrons. The number of nitrogens with one attached hydrogen (secondary N) is 1. The fraction of sp³-hybridized carbons (Fsp3) is 0.429. The number of rotatable bonds is 5. The van der Waals surface area contributed by atoms with E-state index in [1.54, 1.807) is 23.8 Å². The number of carbonyl (C=O) groups excluding carboxylic acids is 1. The van der Waals surface area contributed by atoms with Crippen LogP contribution in [0, 0.1) is 0 Å². The molecule has 0 saturated heterocycles. The number of aromatic hydroxyl groups is 1. The van der Waals surface area contributed by atoms with Gasteiger partial charge in [-0.1, -0.05) is 24.4 Å². The number of alkyl halides is 3. The van der Waals surface area contributed by atoms with Gasteiger partial charge in [0.2, 0.25) is 0 Å². The van der Waals surface area contributed by atoms with E-state index in [9.17, 15) is 27.9 Å². The zero-order valence-corrected chi connectivity index (χ0v) is 18.3. The lowest BCUT2D eigenvalue weighted by atomic mass is 9.97. The van der Waals surface area contributed by atoms with Crippen LogP contribution in [0.3, 0.4) is 0 Å². The van der Waals surface area contributed by atoms with Gasteiger partial charge in [-0.05, 0) is 31.9 Å². The predicted octanol–water partition coefficient (Wildman–Crippen LogP) is 3.60. The number of hydrogen-bond acceptors (Lipinski definition) is 5. The van der Waals surface area contributed by atoms with Crippen molar-refractivity contribution in [3.05, 3.63) is 51.7 Å². The van der Waals surface area contributed by atoms with Crippen LogP contribution >= 0.6 is 11.6 Å². The SMILES string of the molecule is C[C@@H](NC(=O)c1nn(CC2(n3cc(Cl)c4cccnc43)CCCC2)cc(O)c1=O)C(F)(F)F. The maximum Gasteiger partial charge on any atom is 0.408 e. The molecule has 4 rings (SSSR count). The highest BCUT2D eigenvalue weighted by atomic mass is 35.5. The molecule has 3 aromatic rings. The molecule has 0 aromatic carbocycles. The van der Waals surface area contributed by atoms with Gasteiger partial charge in [-0.15, -0.1) is 0 Å². The molecule has 0 bridgehead atoms. The number of aromatic nitrogens is 4. The summed E-state index contributed by atoms with van der Waals surface area (Å²) in [4.78, 5) is 29.1. The largest absolute Gasteiger partial charge is 0.503 e. The third-order valence-corrected chi connectivity index (χ3v) is 6.32. The van der Waals surface area contributed by atoms with E-state index in [1.807, 2.05) is 10.6 Å². The number of nitrogens with zero attached hydrogens (tertiary/aromatic N) is 4. The summed E-state index contributed by atoms with van der Waals surface area (Å²) >= 11 is 6.41. The second-order valence-electron chi connectivity index (χ2n) is 8.28. The Balaban J connectivity index is 1.73. The summed E-state index contributed by atoms with van der Waals surface area (Å²) in [6.07, 6.45) is 3.01. The van der Waals surface area contributed by atoms with Gasteiger partial charge in [0.25, 0.3) is 11.3 Å². The van der Waals surface area contributed by atoms with Crippen LogP contribution in [-0.4, -0.2) is 42.6 Å². The minimum absolute atomic E-state index is 0.145.